The number of aliphatic hydroxyl groups excluding tert-OH is 1. The van der Waals surface area contributed by atoms with Crippen LogP contribution >= 0.6 is 0 Å². The van der Waals surface area contributed by atoms with E-state index in [9.17, 15) is 9.59 Å². The van der Waals surface area contributed by atoms with Crippen LogP contribution in [0.25, 0.3) is 0 Å². The van der Waals surface area contributed by atoms with E-state index in [-0.39, 0.29) is 29.3 Å². The normalized spacial score (nSPS) is 14.4. The predicted octanol–water partition coefficient (Wildman–Crippen LogP) is 4.46. The molecule has 0 saturated carbocycles. The maximum absolute atomic E-state index is 12.7. The van der Waals surface area contributed by atoms with Gasteiger partial charge < -0.3 is 19.3 Å². The first-order valence-electron chi connectivity index (χ1n) is 10.2. The molecule has 0 bridgehead atoms. The Hall–Kier alpha value is -2.44. The maximum Gasteiger partial charge on any atom is 0.190 e. The predicted molar refractivity (Wildman–Crippen MR) is 116 cm³/mol. The minimum atomic E-state index is -0.477. The minimum absolute atomic E-state index is 0.195. The topological polar surface area (TPSA) is 82.1 Å². The van der Waals surface area contributed by atoms with Gasteiger partial charge in [-0.25, -0.2) is 0 Å². The van der Waals surface area contributed by atoms with Gasteiger partial charge in [0, 0.05) is 24.2 Å². The second-order valence-electron chi connectivity index (χ2n) is 7.93. The smallest absolute Gasteiger partial charge is 0.190 e. The largest absolute Gasteiger partial charge is 0.496 e. The van der Waals surface area contributed by atoms with Gasteiger partial charge in [-0.15, -0.1) is 6.58 Å². The van der Waals surface area contributed by atoms with E-state index < -0.39 is 11.5 Å². The highest BCUT2D eigenvalue weighted by atomic mass is 16.5. The molecular weight excluding hydrogens is 384 g/mol. The van der Waals surface area contributed by atoms with Crippen LogP contribution in [0.3, 0.4) is 0 Å². The average molecular weight is 417 g/mol. The number of allylic oxidation sites excluding steroid dienone is 2. The van der Waals surface area contributed by atoms with Gasteiger partial charge >= 0.3 is 0 Å². The molecule has 30 heavy (non-hydrogen) atoms. The Morgan fingerprint density at radius 3 is 2.23 bits per heavy atom. The quantitative estimate of drug-likeness (QED) is 0.400. The lowest BCUT2D eigenvalue weighted by Gasteiger charge is -2.34. The van der Waals surface area contributed by atoms with Crippen LogP contribution in [0.5, 0.6) is 11.5 Å². The molecule has 1 aromatic rings. The number of methoxy groups -OCH3 is 2. The lowest BCUT2D eigenvalue weighted by Crippen LogP contribution is -2.25. The number of aliphatic hydroxyl groups is 1. The van der Waals surface area contributed by atoms with Crippen molar-refractivity contribution < 1.29 is 28.9 Å². The fraction of sp³-hybridized carbons (Fsp3) is 0.500. The summed E-state index contributed by atoms with van der Waals surface area (Å²) in [6, 6.07) is 1.73. The molecule has 0 radical (unpaired) electrons. The highest BCUT2D eigenvalue weighted by Crippen LogP contribution is 2.47. The lowest BCUT2D eigenvalue weighted by molar-refractivity contribution is -0.0107. The van der Waals surface area contributed by atoms with E-state index in [1.807, 2.05) is 19.9 Å². The zero-order valence-corrected chi connectivity index (χ0v) is 18.3. The first-order valence-corrected chi connectivity index (χ1v) is 10.2. The number of ether oxygens (including phenoxy) is 3. The van der Waals surface area contributed by atoms with Crippen LogP contribution in [0.2, 0.25) is 0 Å². The van der Waals surface area contributed by atoms with Crippen molar-refractivity contribution in [2.75, 3.05) is 27.4 Å². The summed E-state index contributed by atoms with van der Waals surface area (Å²) in [7, 11) is 2.95. The summed E-state index contributed by atoms with van der Waals surface area (Å²) in [6.07, 6.45) is 7.36. The average Bonchev–Trinajstić information content (AvgIpc) is 2.74. The molecule has 1 unspecified atom stereocenters. The highest BCUT2D eigenvalue weighted by molar-refractivity contribution is 6.24. The Bertz CT molecular complexity index is 821. The van der Waals surface area contributed by atoms with Crippen molar-refractivity contribution in [1.29, 1.82) is 0 Å². The number of hydrogen-bond acceptors (Lipinski definition) is 6. The summed E-state index contributed by atoms with van der Waals surface area (Å²) in [4.78, 5) is 25.1. The van der Waals surface area contributed by atoms with Crippen molar-refractivity contribution in [2.45, 2.75) is 45.6 Å². The molecule has 0 aliphatic heterocycles. The Kier molecular flexibility index (Phi) is 8.38. The van der Waals surface area contributed by atoms with Gasteiger partial charge in [0.15, 0.2) is 11.6 Å². The summed E-state index contributed by atoms with van der Waals surface area (Å²) in [5.74, 6) is 0.0463. The van der Waals surface area contributed by atoms with Crippen LogP contribution in [-0.2, 0) is 4.74 Å². The third kappa shape index (κ3) is 4.99. The number of fused-ring (bicyclic) bond motifs is 1. The molecule has 0 saturated heterocycles. The standard InChI is InChI=1S/C24H32O6/c1-6-24(2,3)23(30-14-10-8-7-9-13-25)16-15-19(28-4)20-17(26)11-12-18(27)21(20)22(16)29-5/h6,11-12,15,23,25H,1,7-10,13-14H2,2-5H3. The van der Waals surface area contributed by atoms with E-state index >= 15 is 0 Å². The first kappa shape index (κ1) is 23.8. The Morgan fingerprint density at radius 1 is 1.03 bits per heavy atom. The van der Waals surface area contributed by atoms with Gasteiger partial charge in [-0.1, -0.05) is 32.8 Å². The van der Waals surface area contributed by atoms with Gasteiger partial charge in [-0.05, 0) is 31.1 Å². The van der Waals surface area contributed by atoms with Crippen LogP contribution in [0.15, 0.2) is 30.9 Å². The summed E-state index contributed by atoms with van der Waals surface area (Å²) >= 11 is 0. The van der Waals surface area contributed by atoms with Crippen molar-refractivity contribution in [3.8, 4) is 11.5 Å². The SMILES string of the molecule is C=CC(C)(C)C(OCCCCCCO)c1cc(OC)c2c(c1OC)C(=O)C=CC2=O. The van der Waals surface area contributed by atoms with E-state index in [4.69, 9.17) is 19.3 Å². The van der Waals surface area contributed by atoms with Crippen LogP contribution in [-0.4, -0.2) is 44.1 Å². The van der Waals surface area contributed by atoms with Crippen molar-refractivity contribution in [1.82, 2.24) is 0 Å². The number of rotatable bonds is 12. The molecular formula is C24H32O6. The monoisotopic (exact) mass is 416 g/mol. The summed E-state index contributed by atoms with van der Waals surface area (Å²) in [5, 5.41) is 8.92. The van der Waals surface area contributed by atoms with E-state index in [1.165, 1.54) is 26.4 Å². The first-order chi connectivity index (χ1) is 14.3. The van der Waals surface area contributed by atoms with Gasteiger partial charge in [0.1, 0.15) is 11.5 Å². The molecule has 2 rings (SSSR count). The van der Waals surface area contributed by atoms with Gasteiger partial charge in [0.25, 0.3) is 0 Å². The Labute approximate surface area is 178 Å². The summed E-state index contributed by atoms with van der Waals surface area (Å²) in [5.41, 5.74) is 0.583. The maximum atomic E-state index is 12.7. The van der Waals surface area contributed by atoms with E-state index in [0.29, 0.717) is 23.7 Å². The molecule has 1 aliphatic rings. The van der Waals surface area contributed by atoms with Crippen molar-refractivity contribution >= 4 is 11.6 Å². The second-order valence-corrected chi connectivity index (χ2v) is 7.93. The molecule has 1 atom stereocenters. The fourth-order valence-corrected chi connectivity index (χ4v) is 3.61. The number of carbonyl (C=O) groups is 2. The van der Waals surface area contributed by atoms with Crippen LogP contribution < -0.4 is 9.47 Å². The van der Waals surface area contributed by atoms with Crippen LogP contribution in [0.1, 0.15) is 71.9 Å². The van der Waals surface area contributed by atoms with Crippen molar-refractivity contribution in [2.24, 2.45) is 5.41 Å². The third-order valence-corrected chi connectivity index (χ3v) is 5.40. The molecule has 6 nitrogen and oxygen atoms in total. The van der Waals surface area contributed by atoms with E-state index in [0.717, 1.165) is 25.7 Å². The Balaban J connectivity index is 2.50. The molecule has 0 fully saturated rings. The van der Waals surface area contributed by atoms with E-state index in [2.05, 4.69) is 6.58 Å². The summed E-state index contributed by atoms with van der Waals surface area (Å²) < 4.78 is 17.4. The zero-order chi connectivity index (χ0) is 22.3. The molecule has 0 heterocycles. The van der Waals surface area contributed by atoms with Crippen LogP contribution in [0.4, 0.5) is 0 Å². The Morgan fingerprint density at radius 2 is 1.67 bits per heavy atom. The number of benzene rings is 1. The lowest BCUT2D eigenvalue weighted by atomic mass is 9.80. The summed E-state index contributed by atoms with van der Waals surface area (Å²) in [6.45, 7) is 8.63. The minimum Gasteiger partial charge on any atom is -0.496 e. The number of carbonyl (C=O) groups excluding carboxylic acids is 2. The van der Waals surface area contributed by atoms with Gasteiger partial charge in [-0.2, -0.15) is 0 Å². The number of hydrogen-bond donors (Lipinski definition) is 1. The van der Waals surface area contributed by atoms with Gasteiger partial charge in [-0.3, -0.25) is 9.59 Å². The van der Waals surface area contributed by atoms with E-state index in [1.54, 1.807) is 6.07 Å². The molecule has 1 N–H and O–H groups in total. The molecule has 0 spiro atoms. The fourth-order valence-electron chi connectivity index (χ4n) is 3.61. The zero-order valence-electron chi connectivity index (χ0n) is 18.3. The molecule has 6 heteroatoms. The number of ketones is 2. The van der Waals surface area contributed by atoms with Gasteiger partial charge in [0.2, 0.25) is 0 Å². The third-order valence-electron chi connectivity index (χ3n) is 5.40. The second kappa shape index (κ2) is 10.5. The van der Waals surface area contributed by atoms with Crippen molar-refractivity contribution in [3.05, 3.63) is 47.6 Å². The molecule has 164 valence electrons. The molecule has 1 aliphatic carbocycles. The number of unbranched alkanes of at least 4 members (excludes halogenated alkanes) is 3. The van der Waals surface area contributed by atoms with Crippen molar-refractivity contribution in [3.63, 3.8) is 0 Å². The van der Waals surface area contributed by atoms with Gasteiger partial charge in [0.05, 0.1) is 31.5 Å². The molecule has 0 amide bonds. The molecule has 0 aromatic heterocycles. The highest BCUT2D eigenvalue weighted by Gasteiger charge is 2.37. The van der Waals surface area contributed by atoms with Crippen LogP contribution in [0, 0.1) is 5.41 Å². The molecule has 1 aromatic carbocycles.